The summed E-state index contributed by atoms with van der Waals surface area (Å²) in [7, 11) is 0. The molecule has 1 saturated carbocycles. The van der Waals surface area contributed by atoms with E-state index in [0.29, 0.717) is 11.4 Å². The molecule has 1 atom stereocenters. The average molecular weight is 468 g/mol. The SMILES string of the molecule is Cc1ccc(N(C(=O)c2snc(C(N)=O)c2N)[C@@H](C(=O)NC2CCCC2)c2ccco2)cc1. The van der Waals surface area contributed by atoms with Crippen LogP contribution in [0, 0.1) is 6.92 Å². The van der Waals surface area contributed by atoms with Crippen LogP contribution in [-0.4, -0.2) is 28.1 Å². The lowest BCUT2D eigenvalue weighted by Crippen LogP contribution is -2.46. The Balaban J connectivity index is 1.80. The fraction of sp³-hybridized carbons (Fsp3) is 0.304. The Bertz CT molecular complexity index is 1150. The molecule has 172 valence electrons. The Kier molecular flexibility index (Phi) is 6.45. The maximum Gasteiger partial charge on any atom is 0.273 e. The van der Waals surface area contributed by atoms with Crippen molar-refractivity contribution in [3.63, 3.8) is 0 Å². The number of carbonyl (C=O) groups is 3. The maximum absolute atomic E-state index is 13.8. The lowest BCUT2D eigenvalue weighted by molar-refractivity contribution is -0.123. The molecule has 9 nitrogen and oxygen atoms in total. The second-order valence-corrected chi connectivity index (χ2v) is 8.83. The molecule has 0 unspecified atom stereocenters. The van der Waals surface area contributed by atoms with Crippen molar-refractivity contribution < 1.29 is 18.8 Å². The van der Waals surface area contributed by atoms with Gasteiger partial charge in [-0.1, -0.05) is 30.5 Å². The van der Waals surface area contributed by atoms with Crippen LogP contribution in [0.4, 0.5) is 11.4 Å². The van der Waals surface area contributed by atoms with Crippen LogP contribution in [0.1, 0.15) is 63.2 Å². The molecule has 0 spiro atoms. The Morgan fingerprint density at radius 1 is 1.18 bits per heavy atom. The highest BCUT2D eigenvalue weighted by molar-refractivity contribution is 7.09. The van der Waals surface area contributed by atoms with Gasteiger partial charge in [-0.15, -0.1) is 0 Å². The predicted octanol–water partition coefficient (Wildman–Crippen LogP) is 3.17. The smallest absolute Gasteiger partial charge is 0.273 e. The van der Waals surface area contributed by atoms with E-state index in [1.165, 1.54) is 11.2 Å². The highest BCUT2D eigenvalue weighted by atomic mass is 32.1. The summed E-state index contributed by atoms with van der Waals surface area (Å²) in [5.74, 6) is -1.46. The van der Waals surface area contributed by atoms with E-state index in [9.17, 15) is 14.4 Å². The molecule has 1 fully saturated rings. The van der Waals surface area contributed by atoms with Crippen molar-refractivity contribution in [2.45, 2.75) is 44.7 Å². The third-order valence-electron chi connectivity index (χ3n) is 5.71. The molecule has 33 heavy (non-hydrogen) atoms. The quantitative estimate of drug-likeness (QED) is 0.487. The van der Waals surface area contributed by atoms with Gasteiger partial charge in [0.05, 0.1) is 12.0 Å². The van der Waals surface area contributed by atoms with Gasteiger partial charge in [-0.2, -0.15) is 4.37 Å². The number of furan rings is 1. The molecule has 1 aromatic carbocycles. The van der Waals surface area contributed by atoms with Gasteiger partial charge >= 0.3 is 0 Å². The third-order valence-corrected chi connectivity index (χ3v) is 6.56. The molecule has 0 saturated heterocycles. The van der Waals surface area contributed by atoms with Crippen LogP contribution in [0.2, 0.25) is 0 Å². The molecule has 0 aliphatic heterocycles. The highest BCUT2D eigenvalue weighted by Gasteiger charge is 2.38. The Morgan fingerprint density at radius 3 is 2.45 bits per heavy atom. The molecule has 0 bridgehead atoms. The molecule has 2 heterocycles. The van der Waals surface area contributed by atoms with E-state index < -0.39 is 17.9 Å². The average Bonchev–Trinajstić information content (AvgIpc) is 3.54. The lowest BCUT2D eigenvalue weighted by Gasteiger charge is -2.30. The third kappa shape index (κ3) is 4.61. The van der Waals surface area contributed by atoms with Crippen LogP contribution in [0.5, 0.6) is 0 Å². The summed E-state index contributed by atoms with van der Waals surface area (Å²) in [5.41, 5.74) is 12.6. The van der Waals surface area contributed by atoms with Gasteiger partial charge in [-0.05, 0) is 55.6 Å². The number of nitrogen functional groups attached to an aromatic ring is 1. The van der Waals surface area contributed by atoms with Crippen LogP contribution in [0.25, 0.3) is 0 Å². The standard InChI is InChI=1S/C23H25N5O4S/c1-13-8-10-15(11-9-13)28(23(31)20-17(24)18(21(25)29)27-33-20)19(16-7-4-12-32-16)22(30)26-14-5-2-3-6-14/h4,7-12,14,19H,2-3,5-6,24H2,1H3,(H2,25,29)(H,26,30)/t19-/m1/s1. The zero-order chi connectivity index (χ0) is 23.5. The molecule has 4 rings (SSSR count). The van der Waals surface area contributed by atoms with E-state index in [2.05, 4.69) is 9.69 Å². The fourth-order valence-corrected chi connectivity index (χ4v) is 4.74. The first kappa shape index (κ1) is 22.5. The number of primary amides is 1. The zero-order valence-corrected chi connectivity index (χ0v) is 18.9. The molecule has 5 N–H and O–H groups in total. The van der Waals surface area contributed by atoms with Gasteiger partial charge in [0.1, 0.15) is 10.6 Å². The van der Waals surface area contributed by atoms with Crippen LogP contribution in [-0.2, 0) is 4.79 Å². The van der Waals surface area contributed by atoms with E-state index in [1.807, 2.05) is 19.1 Å². The molecule has 1 aliphatic rings. The Morgan fingerprint density at radius 2 is 1.88 bits per heavy atom. The molecular weight excluding hydrogens is 442 g/mol. The molecular formula is C23H25N5O4S. The van der Waals surface area contributed by atoms with Crippen molar-refractivity contribution in [2.24, 2.45) is 5.73 Å². The van der Waals surface area contributed by atoms with Crippen LogP contribution in [0.15, 0.2) is 47.1 Å². The van der Waals surface area contributed by atoms with Crippen molar-refractivity contribution in [3.05, 3.63) is 64.6 Å². The van der Waals surface area contributed by atoms with Gasteiger partial charge < -0.3 is 21.2 Å². The number of anilines is 2. The highest BCUT2D eigenvalue weighted by Crippen LogP contribution is 2.34. The minimum atomic E-state index is -1.09. The number of hydrogen-bond donors (Lipinski definition) is 3. The number of aromatic nitrogens is 1. The van der Waals surface area contributed by atoms with Crippen molar-refractivity contribution in [2.75, 3.05) is 10.6 Å². The van der Waals surface area contributed by atoms with E-state index in [0.717, 1.165) is 42.8 Å². The number of carbonyl (C=O) groups excluding carboxylic acids is 3. The van der Waals surface area contributed by atoms with E-state index in [4.69, 9.17) is 15.9 Å². The number of hydrogen-bond acceptors (Lipinski definition) is 7. The molecule has 2 aromatic heterocycles. The van der Waals surface area contributed by atoms with Crippen molar-refractivity contribution in [1.82, 2.24) is 9.69 Å². The minimum absolute atomic E-state index is 0.0228. The largest absolute Gasteiger partial charge is 0.467 e. The van der Waals surface area contributed by atoms with Gasteiger partial charge in [-0.3, -0.25) is 19.3 Å². The number of rotatable bonds is 7. The number of nitrogens with two attached hydrogens (primary N) is 2. The van der Waals surface area contributed by atoms with Gasteiger partial charge in [0.15, 0.2) is 11.7 Å². The lowest BCUT2D eigenvalue weighted by atomic mass is 10.1. The summed E-state index contributed by atoms with van der Waals surface area (Å²) in [6.07, 6.45) is 5.32. The predicted molar refractivity (Wildman–Crippen MR) is 125 cm³/mol. The summed E-state index contributed by atoms with van der Waals surface area (Å²) < 4.78 is 9.54. The number of amides is 3. The van der Waals surface area contributed by atoms with Gasteiger partial charge in [0, 0.05) is 11.7 Å². The van der Waals surface area contributed by atoms with E-state index in [-0.39, 0.29) is 28.2 Å². The topological polar surface area (TPSA) is 145 Å². The number of nitrogens with zero attached hydrogens (tertiary/aromatic N) is 2. The molecule has 0 radical (unpaired) electrons. The van der Waals surface area contributed by atoms with E-state index >= 15 is 0 Å². The normalized spacial score (nSPS) is 14.7. The van der Waals surface area contributed by atoms with Crippen molar-refractivity contribution in [3.8, 4) is 0 Å². The molecule has 3 amide bonds. The second kappa shape index (κ2) is 9.45. The maximum atomic E-state index is 13.8. The van der Waals surface area contributed by atoms with Gasteiger partial charge in [0.2, 0.25) is 0 Å². The van der Waals surface area contributed by atoms with E-state index in [1.54, 1.807) is 24.3 Å². The number of aryl methyl sites for hydroxylation is 1. The second-order valence-electron chi connectivity index (χ2n) is 8.06. The van der Waals surface area contributed by atoms with Gasteiger partial charge in [-0.25, -0.2) is 0 Å². The molecule has 1 aliphatic carbocycles. The van der Waals surface area contributed by atoms with Crippen LogP contribution < -0.4 is 21.7 Å². The van der Waals surface area contributed by atoms with Crippen LogP contribution in [0.3, 0.4) is 0 Å². The molecule has 10 heteroatoms. The summed E-state index contributed by atoms with van der Waals surface area (Å²) in [4.78, 5) is 40.3. The first-order chi connectivity index (χ1) is 15.9. The summed E-state index contributed by atoms with van der Waals surface area (Å²) in [5, 5.41) is 3.06. The van der Waals surface area contributed by atoms with Gasteiger partial charge in [0.25, 0.3) is 17.7 Å². The number of nitrogens with one attached hydrogen (secondary N) is 1. The summed E-state index contributed by atoms with van der Waals surface area (Å²) >= 11 is 0.769. The fourth-order valence-electron chi connectivity index (χ4n) is 4.00. The zero-order valence-electron chi connectivity index (χ0n) is 18.1. The minimum Gasteiger partial charge on any atom is -0.467 e. The Labute approximate surface area is 194 Å². The summed E-state index contributed by atoms with van der Waals surface area (Å²) in [6, 6.07) is 9.45. The first-order valence-electron chi connectivity index (χ1n) is 10.7. The summed E-state index contributed by atoms with van der Waals surface area (Å²) in [6.45, 7) is 1.92. The Hall–Kier alpha value is -3.66. The van der Waals surface area contributed by atoms with Crippen molar-refractivity contribution in [1.29, 1.82) is 0 Å². The first-order valence-corrected chi connectivity index (χ1v) is 11.4. The monoisotopic (exact) mass is 467 g/mol. The molecule has 3 aromatic rings. The van der Waals surface area contributed by atoms with Crippen molar-refractivity contribution >= 4 is 40.6 Å². The number of benzene rings is 1. The van der Waals surface area contributed by atoms with Crippen LogP contribution >= 0.6 is 11.5 Å².